The van der Waals surface area contributed by atoms with Crippen LogP contribution in [0.5, 0.6) is 17.2 Å². The molecule has 7 heteroatoms. The van der Waals surface area contributed by atoms with Gasteiger partial charge in [-0.15, -0.1) is 0 Å². The zero-order valence-corrected chi connectivity index (χ0v) is 17.6. The zero-order chi connectivity index (χ0) is 21.0. The van der Waals surface area contributed by atoms with Crippen molar-refractivity contribution >= 4 is 17.6 Å². The molecule has 1 aliphatic heterocycles. The highest BCUT2D eigenvalue weighted by atomic mass is 35.5. The van der Waals surface area contributed by atoms with E-state index in [9.17, 15) is 9.90 Å². The minimum absolute atomic E-state index is 0.330. The van der Waals surface area contributed by atoms with Crippen LogP contribution in [0.2, 0.25) is 5.02 Å². The summed E-state index contributed by atoms with van der Waals surface area (Å²) in [6, 6.07) is 10.3. The van der Waals surface area contributed by atoms with Gasteiger partial charge in [-0.3, -0.25) is 9.69 Å². The molecule has 0 spiro atoms. The van der Waals surface area contributed by atoms with Crippen LogP contribution in [0.15, 0.2) is 36.4 Å². The minimum Gasteiger partial charge on any atom is -0.493 e. The van der Waals surface area contributed by atoms with Crippen molar-refractivity contribution in [2.45, 2.75) is 31.3 Å². The van der Waals surface area contributed by atoms with Gasteiger partial charge < -0.3 is 19.3 Å². The van der Waals surface area contributed by atoms with Crippen LogP contribution in [0.25, 0.3) is 0 Å². The number of methoxy groups -OCH3 is 3. The molecule has 0 bridgehead atoms. The van der Waals surface area contributed by atoms with Gasteiger partial charge in [-0.2, -0.15) is 0 Å². The van der Waals surface area contributed by atoms with Crippen LogP contribution in [-0.2, 0) is 4.79 Å². The number of likely N-dealkylation sites (tertiary alicyclic amines) is 1. The SMILES string of the molecule is COc1ccc(C(c2ccc(Cl)cc2)N2CCCCC2C(=O)O)c(OC)c1OC. The number of carboxylic acids is 1. The molecule has 29 heavy (non-hydrogen) atoms. The second-order valence-corrected chi connectivity index (χ2v) is 7.40. The molecule has 1 saturated heterocycles. The molecule has 0 aliphatic carbocycles. The summed E-state index contributed by atoms with van der Waals surface area (Å²) < 4.78 is 16.7. The maximum atomic E-state index is 12.0. The Hall–Kier alpha value is -2.44. The van der Waals surface area contributed by atoms with Crippen molar-refractivity contribution in [3.8, 4) is 17.2 Å². The van der Waals surface area contributed by atoms with Gasteiger partial charge in [0, 0.05) is 10.6 Å². The molecule has 1 aliphatic rings. The average Bonchev–Trinajstić information content (AvgIpc) is 2.74. The quantitative estimate of drug-likeness (QED) is 0.717. The fourth-order valence-electron chi connectivity index (χ4n) is 4.06. The van der Waals surface area contributed by atoms with Crippen molar-refractivity contribution in [3.05, 3.63) is 52.5 Å². The molecular formula is C22H26ClNO5. The number of hydrogen-bond donors (Lipinski definition) is 1. The highest BCUT2D eigenvalue weighted by molar-refractivity contribution is 6.30. The lowest BCUT2D eigenvalue weighted by Crippen LogP contribution is -2.46. The van der Waals surface area contributed by atoms with Gasteiger partial charge in [0.1, 0.15) is 6.04 Å². The molecule has 2 atom stereocenters. The first kappa shape index (κ1) is 21.3. The number of benzene rings is 2. The highest BCUT2D eigenvalue weighted by Crippen LogP contribution is 2.46. The Bertz CT molecular complexity index is 855. The number of ether oxygens (including phenoxy) is 3. The van der Waals surface area contributed by atoms with E-state index in [1.807, 2.05) is 41.3 Å². The summed E-state index contributed by atoms with van der Waals surface area (Å²) in [6.07, 6.45) is 2.43. The summed E-state index contributed by atoms with van der Waals surface area (Å²) in [6.45, 7) is 0.668. The number of rotatable bonds is 7. The Kier molecular flexibility index (Phi) is 6.87. The van der Waals surface area contributed by atoms with Crippen molar-refractivity contribution in [1.29, 1.82) is 0 Å². The minimum atomic E-state index is -0.817. The number of carboxylic acid groups (broad SMARTS) is 1. The molecule has 2 aromatic carbocycles. The Morgan fingerprint density at radius 2 is 1.72 bits per heavy atom. The number of carbonyl (C=O) groups is 1. The number of nitrogens with zero attached hydrogens (tertiary/aromatic N) is 1. The van der Waals surface area contributed by atoms with E-state index in [1.54, 1.807) is 21.3 Å². The molecule has 1 heterocycles. The predicted octanol–water partition coefficient (Wildman–Crippen LogP) is 4.39. The maximum Gasteiger partial charge on any atom is 0.320 e. The molecule has 0 radical (unpaired) electrons. The smallest absolute Gasteiger partial charge is 0.320 e. The van der Waals surface area contributed by atoms with Crippen LogP contribution in [0.3, 0.4) is 0 Å². The Labute approximate surface area is 175 Å². The molecule has 0 saturated carbocycles. The first-order valence-corrected chi connectivity index (χ1v) is 9.92. The van der Waals surface area contributed by atoms with E-state index in [2.05, 4.69) is 0 Å². The third-order valence-electron chi connectivity index (χ3n) is 5.38. The van der Waals surface area contributed by atoms with Gasteiger partial charge in [0.25, 0.3) is 0 Å². The first-order chi connectivity index (χ1) is 14.0. The Morgan fingerprint density at radius 1 is 1.03 bits per heavy atom. The Balaban J connectivity index is 2.20. The normalized spacial score (nSPS) is 18.1. The van der Waals surface area contributed by atoms with E-state index < -0.39 is 12.0 Å². The summed E-state index contributed by atoms with van der Waals surface area (Å²) >= 11 is 6.10. The third-order valence-corrected chi connectivity index (χ3v) is 5.63. The summed E-state index contributed by atoms with van der Waals surface area (Å²) in [4.78, 5) is 14.1. The van der Waals surface area contributed by atoms with Crippen LogP contribution in [0.4, 0.5) is 0 Å². The van der Waals surface area contributed by atoms with E-state index in [0.717, 1.165) is 24.0 Å². The zero-order valence-electron chi connectivity index (χ0n) is 16.9. The standard InChI is InChI=1S/C22H26ClNO5/c1-27-18-12-11-16(20(28-2)21(18)29-3)19(14-7-9-15(23)10-8-14)24-13-5-4-6-17(24)22(25)26/h7-12,17,19H,4-6,13H2,1-3H3,(H,25,26). The molecule has 1 fully saturated rings. The van der Waals surface area contributed by atoms with E-state index >= 15 is 0 Å². The van der Waals surface area contributed by atoms with Crippen molar-refractivity contribution in [1.82, 2.24) is 4.90 Å². The summed E-state index contributed by atoms with van der Waals surface area (Å²) in [5.41, 5.74) is 1.76. The van der Waals surface area contributed by atoms with Crippen molar-refractivity contribution in [2.75, 3.05) is 27.9 Å². The lowest BCUT2D eigenvalue weighted by atomic mass is 9.91. The van der Waals surface area contributed by atoms with Crippen molar-refractivity contribution in [3.63, 3.8) is 0 Å². The molecule has 0 amide bonds. The molecule has 156 valence electrons. The molecule has 1 N–H and O–H groups in total. The number of halogens is 1. The fourth-order valence-corrected chi connectivity index (χ4v) is 4.19. The molecule has 3 rings (SSSR count). The molecule has 0 aromatic heterocycles. The van der Waals surface area contributed by atoms with Crippen molar-refractivity contribution < 1.29 is 24.1 Å². The van der Waals surface area contributed by atoms with Crippen LogP contribution in [-0.4, -0.2) is 49.9 Å². The molecule has 2 aromatic rings. The largest absolute Gasteiger partial charge is 0.493 e. The predicted molar refractivity (Wildman–Crippen MR) is 111 cm³/mol. The number of hydrogen-bond acceptors (Lipinski definition) is 5. The van der Waals surface area contributed by atoms with Crippen LogP contribution in [0, 0.1) is 0 Å². The lowest BCUT2D eigenvalue weighted by molar-refractivity contribution is -0.145. The monoisotopic (exact) mass is 419 g/mol. The average molecular weight is 420 g/mol. The van der Waals surface area contributed by atoms with Crippen molar-refractivity contribution in [2.24, 2.45) is 0 Å². The second-order valence-electron chi connectivity index (χ2n) is 6.97. The van der Waals surface area contributed by atoms with Gasteiger partial charge >= 0.3 is 5.97 Å². The molecule has 6 nitrogen and oxygen atoms in total. The van der Waals surface area contributed by atoms with E-state index in [0.29, 0.717) is 35.2 Å². The van der Waals surface area contributed by atoms with Crippen LogP contribution < -0.4 is 14.2 Å². The number of piperidine rings is 1. The maximum absolute atomic E-state index is 12.0. The lowest BCUT2D eigenvalue weighted by Gasteiger charge is -2.40. The van der Waals surface area contributed by atoms with Gasteiger partial charge in [-0.1, -0.05) is 30.2 Å². The van der Waals surface area contributed by atoms with Gasteiger partial charge in [-0.05, 0) is 49.2 Å². The van der Waals surface area contributed by atoms with E-state index in [1.165, 1.54) is 0 Å². The van der Waals surface area contributed by atoms with Gasteiger partial charge in [0.15, 0.2) is 11.5 Å². The fraction of sp³-hybridized carbons (Fsp3) is 0.409. The van der Waals surface area contributed by atoms with E-state index in [-0.39, 0.29) is 6.04 Å². The second kappa shape index (κ2) is 9.37. The first-order valence-electron chi connectivity index (χ1n) is 9.54. The van der Waals surface area contributed by atoms with Gasteiger partial charge in [0.2, 0.25) is 5.75 Å². The van der Waals surface area contributed by atoms with Gasteiger partial charge in [-0.25, -0.2) is 0 Å². The Morgan fingerprint density at radius 3 is 2.31 bits per heavy atom. The highest BCUT2D eigenvalue weighted by Gasteiger charge is 2.37. The molecule has 2 unspecified atom stereocenters. The summed E-state index contributed by atoms with van der Waals surface area (Å²) in [7, 11) is 4.70. The van der Waals surface area contributed by atoms with E-state index in [4.69, 9.17) is 25.8 Å². The summed E-state index contributed by atoms with van der Waals surface area (Å²) in [5.74, 6) is 0.747. The summed E-state index contributed by atoms with van der Waals surface area (Å²) in [5, 5.41) is 10.5. The van der Waals surface area contributed by atoms with Crippen LogP contribution in [0.1, 0.15) is 36.4 Å². The third kappa shape index (κ3) is 4.28. The van der Waals surface area contributed by atoms with Gasteiger partial charge in [0.05, 0.1) is 27.4 Å². The van der Waals surface area contributed by atoms with Crippen LogP contribution >= 0.6 is 11.6 Å². The number of aliphatic carboxylic acids is 1. The topological polar surface area (TPSA) is 68.2 Å². The molecular weight excluding hydrogens is 394 g/mol.